The molecule has 0 amide bonds. The Morgan fingerprint density at radius 3 is 2.94 bits per heavy atom. The van der Waals surface area contributed by atoms with E-state index in [1.54, 1.807) is 6.07 Å². The van der Waals surface area contributed by atoms with Gasteiger partial charge in [-0.3, -0.25) is 0 Å². The first kappa shape index (κ1) is 12.0. The molecule has 0 N–H and O–H groups in total. The van der Waals surface area contributed by atoms with Crippen molar-refractivity contribution in [1.29, 1.82) is 0 Å². The van der Waals surface area contributed by atoms with Crippen LogP contribution in [0.5, 0.6) is 0 Å². The van der Waals surface area contributed by atoms with E-state index < -0.39 is 5.97 Å². The second kappa shape index (κ2) is 4.82. The van der Waals surface area contributed by atoms with Crippen LogP contribution in [0.15, 0.2) is 28.8 Å². The number of esters is 1. The Bertz CT molecular complexity index is 568. The topological polar surface area (TPSA) is 52.3 Å². The van der Waals surface area contributed by atoms with E-state index in [0.717, 1.165) is 3.57 Å². The summed E-state index contributed by atoms with van der Waals surface area (Å²) in [4.78, 5) is 11.2. The highest BCUT2D eigenvalue weighted by Gasteiger charge is 2.15. The van der Waals surface area contributed by atoms with Crippen LogP contribution < -0.4 is 0 Å². The second-order valence-electron chi connectivity index (χ2n) is 3.19. The Morgan fingerprint density at radius 1 is 1.47 bits per heavy atom. The van der Waals surface area contributed by atoms with Crippen molar-refractivity contribution in [2.24, 2.45) is 0 Å². The van der Waals surface area contributed by atoms with E-state index in [4.69, 9.17) is 4.52 Å². The molecule has 0 radical (unpaired) electrons. The third kappa shape index (κ3) is 2.46. The monoisotopic (exact) mass is 347 g/mol. The molecule has 0 fully saturated rings. The van der Waals surface area contributed by atoms with E-state index in [9.17, 15) is 9.18 Å². The highest BCUT2D eigenvalue weighted by molar-refractivity contribution is 14.1. The summed E-state index contributed by atoms with van der Waals surface area (Å²) in [6.45, 7) is 0. The maximum Gasteiger partial charge on any atom is 0.360 e. The van der Waals surface area contributed by atoms with E-state index in [-0.39, 0.29) is 11.5 Å². The zero-order chi connectivity index (χ0) is 12.4. The largest absolute Gasteiger partial charge is 0.464 e. The second-order valence-corrected chi connectivity index (χ2v) is 4.35. The van der Waals surface area contributed by atoms with Crippen molar-refractivity contribution in [1.82, 2.24) is 5.16 Å². The zero-order valence-corrected chi connectivity index (χ0v) is 10.9. The van der Waals surface area contributed by atoms with Crippen LogP contribution in [0.2, 0.25) is 0 Å². The third-order valence-electron chi connectivity index (χ3n) is 2.10. The van der Waals surface area contributed by atoms with Crippen LogP contribution in [-0.4, -0.2) is 18.2 Å². The number of aromatic nitrogens is 1. The maximum atomic E-state index is 13.1. The first-order valence-electron chi connectivity index (χ1n) is 4.62. The number of carbonyl (C=O) groups excluding carboxylic acids is 1. The Morgan fingerprint density at radius 2 is 2.24 bits per heavy atom. The summed E-state index contributed by atoms with van der Waals surface area (Å²) in [5.41, 5.74) is 0.607. The van der Waals surface area contributed by atoms with Crippen molar-refractivity contribution in [2.45, 2.75) is 0 Å². The lowest BCUT2D eigenvalue weighted by molar-refractivity contribution is 0.0589. The standard InChI is InChI=1S/C11H7FINO3/c1-16-11(15)9-5-10(17-14-9)7-4-6(12)2-3-8(7)13/h2-5H,1H3. The first-order valence-corrected chi connectivity index (χ1v) is 5.70. The van der Waals surface area contributed by atoms with Crippen LogP contribution in [0.1, 0.15) is 10.5 Å². The van der Waals surface area contributed by atoms with Crippen LogP contribution in [0.3, 0.4) is 0 Å². The van der Waals surface area contributed by atoms with E-state index >= 15 is 0 Å². The molecule has 0 aliphatic heterocycles. The van der Waals surface area contributed by atoms with Crippen molar-refractivity contribution in [3.8, 4) is 11.3 Å². The molecule has 0 saturated carbocycles. The molecule has 0 atom stereocenters. The van der Waals surface area contributed by atoms with E-state index in [0.29, 0.717) is 11.3 Å². The number of nitrogens with zero attached hydrogens (tertiary/aromatic N) is 1. The molecule has 1 aromatic carbocycles. The minimum atomic E-state index is -0.591. The lowest BCUT2D eigenvalue weighted by atomic mass is 10.1. The van der Waals surface area contributed by atoms with E-state index in [2.05, 4.69) is 9.89 Å². The molecule has 17 heavy (non-hydrogen) atoms. The Labute approximate surface area is 110 Å². The predicted octanol–water partition coefficient (Wildman–Crippen LogP) is 2.87. The van der Waals surface area contributed by atoms with Crippen LogP contribution in [0, 0.1) is 9.39 Å². The van der Waals surface area contributed by atoms with Gasteiger partial charge in [0.25, 0.3) is 0 Å². The number of methoxy groups -OCH3 is 1. The predicted molar refractivity (Wildman–Crippen MR) is 66.0 cm³/mol. The highest BCUT2D eigenvalue weighted by Crippen LogP contribution is 2.26. The molecule has 2 aromatic rings. The molecule has 0 aliphatic rings. The van der Waals surface area contributed by atoms with Gasteiger partial charge in [0.05, 0.1) is 7.11 Å². The summed E-state index contributed by atoms with van der Waals surface area (Å²) in [6.07, 6.45) is 0. The molecule has 1 heterocycles. The number of hydrogen-bond acceptors (Lipinski definition) is 4. The molecular weight excluding hydrogens is 340 g/mol. The zero-order valence-electron chi connectivity index (χ0n) is 8.74. The van der Waals surface area contributed by atoms with Crippen LogP contribution in [-0.2, 0) is 4.74 Å². The number of hydrogen-bond donors (Lipinski definition) is 0. The molecule has 2 rings (SSSR count). The highest BCUT2D eigenvalue weighted by atomic mass is 127. The Kier molecular flexibility index (Phi) is 3.41. The average Bonchev–Trinajstić information content (AvgIpc) is 2.80. The van der Waals surface area contributed by atoms with Gasteiger partial charge in [-0.2, -0.15) is 0 Å². The van der Waals surface area contributed by atoms with Gasteiger partial charge in [-0.25, -0.2) is 9.18 Å². The molecule has 0 saturated heterocycles. The van der Waals surface area contributed by atoms with Crippen LogP contribution >= 0.6 is 22.6 Å². The maximum absolute atomic E-state index is 13.1. The van der Waals surface area contributed by atoms with Gasteiger partial charge in [-0.15, -0.1) is 0 Å². The van der Waals surface area contributed by atoms with Crippen LogP contribution in [0.4, 0.5) is 4.39 Å². The molecule has 1 aromatic heterocycles. The Balaban J connectivity index is 2.43. The number of rotatable bonds is 2. The van der Waals surface area contributed by atoms with Gasteiger partial charge in [0, 0.05) is 15.2 Å². The first-order chi connectivity index (χ1) is 8.11. The van der Waals surface area contributed by atoms with E-state index in [1.165, 1.54) is 25.3 Å². The number of halogens is 2. The molecule has 88 valence electrons. The lowest BCUT2D eigenvalue weighted by Crippen LogP contribution is -2.00. The van der Waals surface area contributed by atoms with Crippen molar-refractivity contribution in [3.63, 3.8) is 0 Å². The summed E-state index contributed by atoms with van der Waals surface area (Å²) >= 11 is 2.05. The molecule has 0 unspecified atom stereocenters. The summed E-state index contributed by atoms with van der Waals surface area (Å²) in [7, 11) is 1.25. The molecule has 0 spiro atoms. The smallest absolute Gasteiger partial charge is 0.360 e. The molecule has 0 bridgehead atoms. The molecule has 0 aliphatic carbocycles. The lowest BCUT2D eigenvalue weighted by Gasteiger charge is -1.99. The van der Waals surface area contributed by atoms with Gasteiger partial charge in [0.1, 0.15) is 5.82 Å². The van der Waals surface area contributed by atoms with Crippen molar-refractivity contribution >= 4 is 28.6 Å². The summed E-state index contributed by atoms with van der Waals surface area (Å²) < 4.78 is 23.4. The number of ether oxygens (including phenoxy) is 1. The number of benzene rings is 1. The molecular formula is C11H7FINO3. The number of carbonyl (C=O) groups is 1. The minimum absolute atomic E-state index is 0.0579. The third-order valence-corrected chi connectivity index (χ3v) is 3.04. The molecule has 6 heteroatoms. The summed E-state index contributed by atoms with van der Waals surface area (Å²) in [5.74, 6) is -0.642. The summed E-state index contributed by atoms with van der Waals surface area (Å²) in [6, 6.07) is 5.71. The summed E-state index contributed by atoms with van der Waals surface area (Å²) in [5, 5.41) is 3.56. The van der Waals surface area contributed by atoms with Gasteiger partial charge in [0.2, 0.25) is 0 Å². The van der Waals surface area contributed by atoms with Gasteiger partial charge in [-0.1, -0.05) is 5.16 Å². The fraction of sp³-hybridized carbons (Fsp3) is 0.0909. The van der Waals surface area contributed by atoms with Crippen molar-refractivity contribution in [2.75, 3.05) is 7.11 Å². The normalized spacial score (nSPS) is 10.3. The average molecular weight is 347 g/mol. The van der Waals surface area contributed by atoms with Crippen molar-refractivity contribution in [3.05, 3.63) is 39.3 Å². The van der Waals surface area contributed by atoms with E-state index in [1.807, 2.05) is 22.6 Å². The fourth-order valence-corrected chi connectivity index (χ4v) is 1.89. The molecule has 4 nitrogen and oxygen atoms in total. The van der Waals surface area contributed by atoms with Gasteiger partial charge >= 0.3 is 5.97 Å². The quantitative estimate of drug-likeness (QED) is 0.619. The minimum Gasteiger partial charge on any atom is -0.464 e. The Hall–Kier alpha value is -1.44. The van der Waals surface area contributed by atoms with Crippen LogP contribution in [0.25, 0.3) is 11.3 Å². The SMILES string of the molecule is COC(=O)c1cc(-c2cc(F)ccc2I)on1. The van der Waals surface area contributed by atoms with Gasteiger partial charge < -0.3 is 9.26 Å². The van der Waals surface area contributed by atoms with Gasteiger partial charge in [0.15, 0.2) is 11.5 Å². The van der Waals surface area contributed by atoms with Gasteiger partial charge in [-0.05, 0) is 40.8 Å². The van der Waals surface area contributed by atoms with Crippen molar-refractivity contribution < 1.29 is 18.4 Å². The fourth-order valence-electron chi connectivity index (χ4n) is 1.29.